The Kier molecular flexibility index (Phi) is 19.4. The van der Waals surface area contributed by atoms with Gasteiger partial charge in [0.25, 0.3) is 0 Å². The van der Waals surface area contributed by atoms with Crippen LogP contribution in [0.4, 0.5) is 0 Å². The Labute approximate surface area is 81.2 Å². The maximum absolute atomic E-state index is 9.44. The van der Waals surface area contributed by atoms with Gasteiger partial charge in [-0.1, -0.05) is 6.92 Å². The molecule has 0 aliphatic heterocycles. The summed E-state index contributed by atoms with van der Waals surface area (Å²) in [5, 5.41) is 8.36. The molecule has 0 saturated heterocycles. The first-order chi connectivity index (χ1) is 5.73. The fourth-order valence-corrected chi connectivity index (χ4v) is 0. The molecule has 0 aromatic carbocycles. The topological polar surface area (TPSA) is 54.4 Å². The fraction of sp³-hybridized carbons (Fsp3) is 0.800. The summed E-state index contributed by atoms with van der Waals surface area (Å²) in [5.41, 5.74) is 0. The zero-order valence-electron chi connectivity index (χ0n) is 9.55. The number of hydrogen-bond acceptors (Lipinski definition) is 3. The summed E-state index contributed by atoms with van der Waals surface area (Å²) in [6.07, 6.45) is 0.745. The van der Waals surface area contributed by atoms with Gasteiger partial charge in [0.2, 0.25) is 0 Å². The minimum atomic E-state index is -0.116. The van der Waals surface area contributed by atoms with Crippen molar-refractivity contribution in [2.24, 2.45) is 0 Å². The number of Topliss-reactive ketones (excluding diaryl/α,β-unsaturated/α-hetero) is 2. The lowest BCUT2D eigenvalue weighted by Crippen LogP contribution is -1.93. The second-order valence-electron chi connectivity index (χ2n) is 3.07. The number of hydrogen-bond donors (Lipinski definition) is 1. The number of ketones is 2. The quantitative estimate of drug-likeness (QED) is 0.687. The molecule has 0 heterocycles. The predicted molar refractivity (Wildman–Crippen MR) is 54.7 cm³/mol. The van der Waals surface area contributed by atoms with Crippen LogP contribution in [-0.4, -0.2) is 22.8 Å². The van der Waals surface area contributed by atoms with Crippen LogP contribution in [0, 0.1) is 0 Å². The molecule has 80 valence electrons. The van der Waals surface area contributed by atoms with E-state index in [-0.39, 0.29) is 17.7 Å². The first kappa shape index (κ1) is 18.2. The Morgan fingerprint density at radius 2 is 1.15 bits per heavy atom. The molecule has 0 rings (SSSR count). The van der Waals surface area contributed by atoms with Crippen LogP contribution >= 0.6 is 0 Å². The molecule has 0 spiro atoms. The number of aliphatic hydroxyl groups is 1. The molecular weight excluding hydrogens is 168 g/mol. The third-order valence-electron chi connectivity index (χ3n) is 0.591. The Hall–Kier alpha value is -0.700. The van der Waals surface area contributed by atoms with Crippen molar-refractivity contribution in [2.75, 3.05) is 0 Å². The SMILES string of the molecule is CC(C)=O.CC(C)=O.CCC(C)O. The molecule has 1 atom stereocenters. The predicted octanol–water partition coefficient (Wildman–Crippen LogP) is 1.97. The van der Waals surface area contributed by atoms with Crippen molar-refractivity contribution < 1.29 is 14.7 Å². The molecule has 0 fully saturated rings. The minimum absolute atomic E-state index is 0.116. The van der Waals surface area contributed by atoms with Gasteiger partial charge in [0, 0.05) is 0 Å². The fourth-order valence-electron chi connectivity index (χ4n) is 0. The van der Waals surface area contributed by atoms with Gasteiger partial charge in [0.1, 0.15) is 11.6 Å². The molecule has 0 aromatic rings. The average molecular weight is 190 g/mol. The third kappa shape index (κ3) is 578. The van der Waals surface area contributed by atoms with Crippen LogP contribution < -0.4 is 0 Å². The summed E-state index contributed by atoms with van der Waals surface area (Å²) in [6.45, 7) is 9.84. The summed E-state index contributed by atoms with van der Waals surface area (Å²) < 4.78 is 0. The first-order valence-electron chi connectivity index (χ1n) is 4.36. The molecule has 0 aliphatic rings. The number of rotatable bonds is 1. The highest BCUT2D eigenvalue weighted by Gasteiger charge is 1.81. The third-order valence-corrected chi connectivity index (χ3v) is 0.591. The van der Waals surface area contributed by atoms with Crippen molar-refractivity contribution in [3.05, 3.63) is 0 Å². The van der Waals surface area contributed by atoms with E-state index in [1.54, 1.807) is 6.92 Å². The normalized spacial score (nSPS) is 9.77. The van der Waals surface area contributed by atoms with E-state index in [2.05, 4.69) is 0 Å². The van der Waals surface area contributed by atoms with E-state index in [1.165, 1.54) is 27.7 Å². The van der Waals surface area contributed by atoms with Gasteiger partial charge in [0.15, 0.2) is 0 Å². The van der Waals surface area contributed by atoms with Crippen LogP contribution in [0.3, 0.4) is 0 Å². The van der Waals surface area contributed by atoms with Gasteiger partial charge >= 0.3 is 0 Å². The Morgan fingerprint density at radius 1 is 1.08 bits per heavy atom. The molecule has 13 heavy (non-hydrogen) atoms. The van der Waals surface area contributed by atoms with E-state index in [0.717, 1.165) is 6.42 Å². The van der Waals surface area contributed by atoms with E-state index in [4.69, 9.17) is 5.11 Å². The average Bonchev–Trinajstić information content (AvgIpc) is 1.84. The molecule has 0 radical (unpaired) electrons. The lowest BCUT2D eigenvalue weighted by molar-refractivity contribution is -0.115. The van der Waals surface area contributed by atoms with Gasteiger partial charge in [-0.15, -0.1) is 0 Å². The number of carbonyl (C=O) groups is 2. The van der Waals surface area contributed by atoms with E-state index in [9.17, 15) is 9.59 Å². The van der Waals surface area contributed by atoms with Crippen molar-refractivity contribution in [3.63, 3.8) is 0 Å². The van der Waals surface area contributed by atoms with Crippen molar-refractivity contribution >= 4 is 11.6 Å². The molecular formula is C10H22O3. The molecule has 1 N–H and O–H groups in total. The van der Waals surface area contributed by atoms with Crippen molar-refractivity contribution in [2.45, 2.75) is 54.1 Å². The summed E-state index contributed by atoms with van der Waals surface area (Å²) in [5.74, 6) is 0.333. The standard InChI is InChI=1S/C4H10O.2C3H6O/c1-3-4(2)5;2*1-3(2)4/h4-5H,3H2,1-2H3;2*1-2H3. The van der Waals surface area contributed by atoms with Crippen molar-refractivity contribution in [1.29, 1.82) is 0 Å². The highest BCUT2D eigenvalue weighted by molar-refractivity contribution is 5.72. The number of carbonyl (C=O) groups excluding carboxylic acids is 2. The van der Waals surface area contributed by atoms with Crippen LogP contribution in [-0.2, 0) is 9.59 Å². The van der Waals surface area contributed by atoms with Crippen LogP contribution in [0.5, 0.6) is 0 Å². The Bertz CT molecular complexity index is 108. The second-order valence-corrected chi connectivity index (χ2v) is 3.07. The van der Waals surface area contributed by atoms with Crippen molar-refractivity contribution in [1.82, 2.24) is 0 Å². The molecule has 0 saturated carbocycles. The van der Waals surface area contributed by atoms with Crippen LogP contribution in [0.25, 0.3) is 0 Å². The summed E-state index contributed by atoms with van der Waals surface area (Å²) in [4.78, 5) is 18.9. The van der Waals surface area contributed by atoms with Crippen LogP contribution in [0.1, 0.15) is 48.0 Å². The smallest absolute Gasteiger partial charge is 0.126 e. The van der Waals surface area contributed by atoms with E-state index < -0.39 is 0 Å². The summed E-state index contributed by atoms with van der Waals surface area (Å²) >= 11 is 0. The lowest BCUT2D eigenvalue weighted by Gasteiger charge is -1.90. The summed E-state index contributed by atoms with van der Waals surface area (Å²) in [6, 6.07) is 0. The molecule has 3 nitrogen and oxygen atoms in total. The molecule has 1 unspecified atom stereocenters. The van der Waals surface area contributed by atoms with Crippen molar-refractivity contribution in [3.8, 4) is 0 Å². The van der Waals surface area contributed by atoms with Gasteiger partial charge in [-0.2, -0.15) is 0 Å². The van der Waals surface area contributed by atoms with E-state index >= 15 is 0 Å². The second kappa shape index (κ2) is 13.9. The van der Waals surface area contributed by atoms with Gasteiger partial charge in [-0.25, -0.2) is 0 Å². The highest BCUT2D eigenvalue weighted by Crippen LogP contribution is 1.81. The Morgan fingerprint density at radius 3 is 1.15 bits per heavy atom. The van der Waals surface area contributed by atoms with Crippen LogP contribution in [0.15, 0.2) is 0 Å². The minimum Gasteiger partial charge on any atom is -0.393 e. The molecule has 0 amide bonds. The molecule has 0 bridgehead atoms. The van der Waals surface area contributed by atoms with Gasteiger partial charge in [-0.05, 0) is 41.0 Å². The highest BCUT2D eigenvalue weighted by atomic mass is 16.3. The maximum atomic E-state index is 9.44. The maximum Gasteiger partial charge on any atom is 0.126 e. The zero-order valence-corrected chi connectivity index (χ0v) is 9.55. The van der Waals surface area contributed by atoms with E-state index in [1.807, 2.05) is 6.92 Å². The van der Waals surface area contributed by atoms with Gasteiger partial charge < -0.3 is 14.7 Å². The largest absolute Gasteiger partial charge is 0.393 e. The molecule has 3 heteroatoms. The summed E-state index contributed by atoms with van der Waals surface area (Å²) in [7, 11) is 0. The van der Waals surface area contributed by atoms with Crippen LogP contribution in [0.2, 0.25) is 0 Å². The van der Waals surface area contributed by atoms with E-state index in [0.29, 0.717) is 0 Å². The molecule has 0 aliphatic carbocycles. The number of aliphatic hydroxyl groups excluding tert-OH is 1. The first-order valence-corrected chi connectivity index (χ1v) is 4.36. The molecule has 0 aromatic heterocycles. The van der Waals surface area contributed by atoms with Gasteiger partial charge in [-0.3, -0.25) is 0 Å². The Balaban J connectivity index is -0.000000117. The lowest BCUT2D eigenvalue weighted by atomic mass is 10.3. The monoisotopic (exact) mass is 190 g/mol. The van der Waals surface area contributed by atoms with Gasteiger partial charge in [0.05, 0.1) is 6.10 Å². The zero-order chi connectivity index (χ0) is 11.4.